The number of nitrogens with zero attached hydrogens (tertiary/aromatic N) is 4. The predicted molar refractivity (Wildman–Crippen MR) is 80.6 cm³/mol. The highest BCUT2D eigenvalue weighted by Crippen LogP contribution is 2.29. The zero-order valence-corrected chi connectivity index (χ0v) is 12.3. The molecule has 0 bridgehead atoms. The molecule has 110 valence electrons. The van der Waals surface area contributed by atoms with Crippen molar-refractivity contribution in [3.63, 3.8) is 0 Å². The van der Waals surface area contributed by atoms with Crippen LogP contribution in [0.15, 0.2) is 24.3 Å². The Morgan fingerprint density at radius 2 is 2.05 bits per heavy atom. The first-order chi connectivity index (χ1) is 10.0. The first kappa shape index (κ1) is 13.6. The summed E-state index contributed by atoms with van der Waals surface area (Å²) in [5, 5.41) is 4.45. The average molecular weight is 287 g/mol. The predicted octanol–water partition coefficient (Wildman–Crippen LogP) is 2.89. The molecule has 6 heteroatoms. The Kier molecular flexibility index (Phi) is 3.16. The Bertz CT molecular complexity index is 802. The van der Waals surface area contributed by atoms with E-state index in [1.807, 2.05) is 36.1 Å². The van der Waals surface area contributed by atoms with Crippen molar-refractivity contribution in [2.24, 2.45) is 0 Å². The van der Waals surface area contributed by atoms with Crippen molar-refractivity contribution in [2.45, 2.75) is 33.4 Å². The highest BCUT2D eigenvalue weighted by Gasteiger charge is 2.22. The van der Waals surface area contributed by atoms with E-state index in [-0.39, 0.29) is 11.9 Å². The van der Waals surface area contributed by atoms with Gasteiger partial charge in [-0.15, -0.1) is 0 Å². The number of imidazole rings is 1. The van der Waals surface area contributed by atoms with Crippen LogP contribution in [0.2, 0.25) is 0 Å². The highest BCUT2D eigenvalue weighted by atomic mass is 19.1. The third kappa shape index (κ3) is 1.98. The van der Waals surface area contributed by atoms with E-state index in [9.17, 15) is 4.39 Å². The molecule has 1 aromatic carbocycles. The molecule has 0 aliphatic heterocycles. The van der Waals surface area contributed by atoms with Crippen LogP contribution in [0.5, 0.6) is 0 Å². The van der Waals surface area contributed by atoms with Crippen molar-refractivity contribution in [2.75, 3.05) is 5.73 Å². The lowest BCUT2D eigenvalue weighted by molar-refractivity contribution is 0.555. The molecule has 0 radical (unpaired) electrons. The van der Waals surface area contributed by atoms with Crippen LogP contribution in [0.1, 0.15) is 31.1 Å². The second-order valence-corrected chi connectivity index (χ2v) is 5.11. The van der Waals surface area contributed by atoms with Crippen molar-refractivity contribution in [1.82, 2.24) is 19.3 Å². The molecule has 0 aliphatic rings. The molecule has 0 amide bonds. The fraction of sp³-hybridized carbons (Fsp3) is 0.333. The molecule has 0 saturated carbocycles. The van der Waals surface area contributed by atoms with Crippen LogP contribution in [-0.2, 0) is 6.54 Å². The SMILES string of the molecule is CCn1nc(C)c2nc(N)n(C(C)c3ccccc3F)c21. The minimum absolute atomic E-state index is 0.245. The lowest BCUT2D eigenvalue weighted by atomic mass is 10.1. The third-order valence-corrected chi connectivity index (χ3v) is 3.81. The van der Waals surface area contributed by atoms with Gasteiger partial charge < -0.3 is 5.73 Å². The fourth-order valence-electron chi connectivity index (χ4n) is 2.76. The van der Waals surface area contributed by atoms with Gasteiger partial charge in [0.15, 0.2) is 5.65 Å². The summed E-state index contributed by atoms with van der Waals surface area (Å²) in [6, 6.07) is 6.47. The van der Waals surface area contributed by atoms with Crippen LogP contribution in [-0.4, -0.2) is 19.3 Å². The zero-order valence-electron chi connectivity index (χ0n) is 12.3. The molecule has 0 fully saturated rings. The molecular formula is C15H18FN5. The van der Waals surface area contributed by atoms with E-state index < -0.39 is 0 Å². The van der Waals surface area contributed by atoms with Gasteiger partial charge in [0, 0.05) is 12.1 Å². The summed E-state index contributed by atoms with van der Waals surface area (Å²) < 4.78 is 17.8. The summed E-state index contributed by atoms with van der Waals surface area (Å²) in [5.41, 5.74) is 9.10. The lowest BCUT2D eigenvalue weighted by Crippen LogP contribution is -2.14. The standard InChI is InChI=1S/C15H18FN5/c1-4-20-14-13(9(2)19-20)18-15(17)21(14)10(3)11-7-5-6-8-12(11)16/h5-8,10H,4H2,1-3H3,(H2,17,18). The minimum Gasteiger partial charge on any atom is -0.369 e. The van der Waals surface area contributed by atoms with Crippen LogP contribution < -0.4 is 5.73 Å². The summed E-state index contributed by atoms with van der Waals surface area (Å²) in [6.45, 7) is 6.53. The van der Waals surface area contributed by atoms with E-state index in [0.717, 1.165) is 16.9 Å². The van der Waals surface area contributed by atoms with E-state index in [4.69, 9.17) is 5.73 Å². The van der Waals surface area contributed by atoms with Crippen LogP contribution >= 0.6 is 0 Å². The van der Waals surface area contributed by atoms with Gasteiger partial charge in [-0.05, 0) is 26.8 Å². The van der Waals surface area contributed by atoms with Crippen molar-refractivity contribution in [3.8, 4) is 0 Å². The van der Waals surface area contributed by atoms with Crippen LogP contribution in [0.3, 0.4) is 0 Å². The molecule has 2 heterocycles. The second-order valence-electron chi connectivity index (χ2n) is 5.11. The Hall–Kier alpha value is -2.37. The van der Waals surface area contributed by atoms with E-state index >= 15 is 0 Å². The van der Waals surface area contributed by atoms with Crippen molar-refractivity contribution in [3.05, 3.63) is 41.3 Å². The van der Waals surface area contributed by atoms with Gasteiger partial charge in [-0.25, -0.2) is 14.1 Å². The largest absolute Gasteiger partial charge is 0.369 e. The summed E-state index contributed by atoms with van der Waals surface area (Å²) >= 11 is 0. The van der Waals surface area contributed by atoms with E-state index in [1.54, 1.807) is 12.1 Å². The number of anilines is 1. The van der Waals surface area contributed by atoms with Gasteiger partial charge in [-0.2, -0.15) is 5.10 Å². The van der Waals surface area contributed by atoms with Gasteiger partial charge in [-0.3, -0.25) is 4.57 Å². The maximum absolute atomic E-state index is 14.1. The lowest BCUT2D eigenvalue weighted by Gasteiger charge is -2.17. The Labute approximate surface area is 122 Å². The molecule has 1 atom stereocenters. The van der Waals surface area contributed by atoms with Crippen LogP contribution in [0.25, 0.3) is 11.2 Å². The summed E-state index contributed by atoms with van der Waals surface area (Å²) in [6.07, 6.45) is 0. The van der Waals surface area contributed by atoms with Crippen molar-refractivity contribution in [1.29, 1.82) is 0 Å². The quantitative estimate of drug-likeness (QED) is 0.805. The zero-order chi connectivity index (χ0) is 15.1. The highest BCUT2D eigenvalue weighted by molar-refractivity contribution is 5.78. The number of hydrogen-bond acceptors (Lipinski definition) is 3. The van der Waals surface area contributed by atoms with Crippen molar-refractivity contribution < 1.29 is 4.39 Å². The molecule has 0 spiro atoms. The molecule has 5 nitrogen and oxygen atoms in total. The molecule has 2 aromatic heterocycles. The first-order valence-electron chi connectivity index (χ1n) is 6.99. The normalized spacial score (nSPS) is 13.0. The van der Waals surface area contributed by atoms with Gasteiger partial charge in [0.05, 0.1) is 11.7 Å². The van der Waals surface area contributed by atoms with E-state index in [0.29, 0.717) is 18.1 Å². The topological polar surface area (TPSA) is 61.7 Å². The maximum atomic E-state index is 14.1. The molecular weight excluding hydrogens is 269 g/mol. The number of benzene rings is 1. The fourth-order valence-corrected chi connectivity index (χ4v) is 2.76. The number of rotatable bonds is 3. The summed E-state index contributed by atoms with van der Waals surface area (Å²) in [7, 11) is 0. The molecule has 3 rings (SSSR count). The molecule has 0 saturated heterocycles. The minimum atomic E-state index is -0.252. The van der Waals surface area contributed by atoms with Crippen LogP contribution in [0, 0.1) is 12.7 Å². The molecule has 3 aromatic rings. The average Bonchev–Trinajstić information content (AvgIpc) is 2.95. The second kappa shape index (κ2) is 4.87. The van der Waals surface area contributed by atoms with Crippen LogP contribution in [0.4, 0.5) is 10.3 Å². The maximum Gasteiger partial charge on any atom is 0.203 e. The van der Waals surface area contributed by atoms with Gasteiger partial charge >= 0.3 is 0 Å². The van der Waals surface area contributed by atoms with Gasteiger partial charge in [0.25, 0.3) is 0 Å². The Morgan fingerprint density at radius 3 is 2.71 bits per heavy atom. The summed E-state index contributed by atoms with van der Waals surface area (Å²) in [4.78, 5) is 4.39. The number of aryl methyl sites for hydroxylation is 2. The van der Waals surface area contributed by atoms with E-state index in [1.165, 1.54) is 6.07 Å². The Balaban J connectivity index is 2.25. The van der Waals surface area contributed by atoms with E-state index in [2.05, 4.69) is 10.1 Å². The van der Waals surface area contributed by atoms with Gasteiger partial charge in [-0.1, -0.05) is 18.2 Å². The number of halogens is 1. The number of nitrogens with two attached hydrogens (primary N) is 1. The molecule has 21 heavy (non-hydrogen) atoms. The van der Waals surface area contributed by atoms with Gasteiger partial charge in [0.1, 0.15) is 11.3 Å². The molecule has 1 unspecified atom stereocenters. The number of hydrogen-bond donors (Lipinski definition) is 1. The van der Waals surface area contributed by atoms with Crippen molar-refractivity contribution >= 4 is 17.1 Å². The number of fused-ring (bicyclic) bond motifs is 1. The van der Waals surface area contributed by atoms with Gasteiger partial charge in [0.2, 0.25) is 5.95 Å². The first-order valence-corrected chi connectivity index (χ1v) is 6.99. The number of aromatic nitrogens is 4. The number of nitrogen functional groups attached to an aromatic ring is 1. The smallest absolute Gasteiger partial charge is 0.203 e. The Morgan fingerprint density at radius 1 is 1.33 bits per heavy atom. The third-order valence-electron chi connectivity index (χ3n) is 3.81. The molecule has 2 N–H and O–H groups in total. The monoisotopic (exact) mass is 287 g/mol. The molecule has 0 aliphatic carbocycles. The summed E-state index contributed by atoms with van der Waals surface area (Å²) in [5.74, 6) is 0.133.